The van der Waals surface area contributed by atoms with Gasteiger partial charge in [0.25, 0.3) is 5.91 Å². The van der Waals surface area contributed by atoms with Crippen LogP contribution in [0.1, 0.15) is 40.6 Å². The molecule has 0 aliphatic carbocycles. The summed E-state index contributed by atoms with van der Waals surface area (Å²) in [6.45, 7) is 10.8. The highest BCUT2D eigenvalue weighted by Gasteiger charge is 2.29. The van der Waals surface area contributed by atoms with E-state index in [0.717, 1.165) is 58.2 Å². The van der Waals surface area contributed by atoms with E-state index < -0.39 is 0 Å². The number of carbonyl (C=O) groups is 1. The van der Waals surface area contributed by atoms with E-state index in [1.165, 1.54) is 11.3 Å². The van der Waals surface area contributed by atoms with Crippen LogP contribution < -0.4 is 0 Å². The van der Waals surface area contributed by atoms with Crippen LogP contribution in [0.25, 0.3) is 10.2 Å². The van der Waals surface area contributed by atoms with Gasteiger partial charge < -0.3 is 9.80 Å². The van der Waals surface area contributed by atoms with E-state index in [4.69, 9.17) is 0 Å². The van der Waals surface area contributed by atoms with Crippen molar-refractivity contribution in [3.8, 4) is 0 Å². The predicted octanol–water partition coefficient (Wildman–Crippen LogP) is 2.65. The van der Waals surface area contributed by atoms with Crippen molar-refractivity contribution in [2.45, 2.75) is 40.2 Å². The van der Waals surface area contributed by atoms with Crippen LogP contribution in [0.4, 0.5) is 0 Å². The van der Waals surface area contributed by atoms with Gasteiger partial charge in [0.1, 0.15) is 10.7 Å². The van der Waals surface area contributed by atoms with E-state index in [1.54, 1.807) is 0 Å². The molecule has 1 saturated heterocycles. The van der Waals surface area contributed by atoms with Gasteiger partial charge in [-0.25, -0.2) is 9.97 Å². The number of rotatable bonds is 2. The van der Waals surface area contributed by atoms with Crippen LogP contribution in [0.3, 0.4) is 0 Å². The van der Waals surface area contributed by atoms with E-state index in [2.05, 4.69) is 35.8 Å². The fraction of sp³-hybridized carbons (Fsp3) is 0.588. The van der Waals surface area contributed by atoms with Crippen molar-refractivity contribution < 1.29 is 4.79 Å². The Morgan fingerprint density at radius 3 is 2.70 bits per heavy atom. The van der Waals surface area contributed by atoms with Crippen LogP contribution in [0, 0.1) is 13.8 Å². The molecule has 2 aromatic heterocycles. The minimum absolute atomic E-state index is 0.142. The summed E-state index contributed by atoms with van der Waals surface area (Å²) in [6, 6.07) is 0.240. The van der Waals surface area contributed by atoms with Crippen molar-refractivity contribution in [3.05, 3.63) is 22.0 Å². The maximum atomic E-state index is 13.0. The third-order valence-electron chi connectivity index (χ3n) is 4.62. The van der Waals surface area contributed by atoms with Crippen molar-refractivity contribution in [1.82, 2.24) is 19.8 Å². The summed E-state index contributed by atoms with van der Waals surface area (Å²) in [5.74, 6) is 0.992. The molecule has 23 heavy (non-hydrogen) atoms. The number of likely N-dealkylation sites (N-methyl/N-ethyl adjacent to an activating group) is 1. The summed E-state index contributed by atoms with van der Waals surface area (Å²) in [6.07, 6.45) is 0.812. The van der Waals surface area contributed by atoms with Crippen LogP contribution in [0.2, 0.25) is 0 Å². The first-order valence-corrected chi connectivity index (χ1v) is 9.00. The SMILES string of the molecule is CCc1nc(C)c2c(C)c(C(=O)N3CCN(C)C[C@@H]3C)sc2n1. The van der Waals surface area contributed by atoms with Crippen LogP contribution in [0.5, 0.6) is 0 Å². The molecule has 1 atom stereocenters. The van der Waals surface area contributed by atoms with Gasteiger partial charge in [0.2, 0.25) is 0 Å². The Bertz CT molecular complexity index is 755. The third kappa shape index (κ3) is 2.85. The van der Waals surface area contributed by atoms with Gasteiger partial charge in [0.15, 0.2) is 0 Å². The predicted molar refractivity (Wildman–Crippen MR) is 94.3 cm³/mol. The highest BCUT2D eigenvalue weighted by atomic mass is 32.1. The largest absolute Gasteiger partial charge is 0.333 e. The molecule has 2 aromatic rings. The molecular formula is C17H24N4OS. The average molecular weight is 332 g/mol. The molecule has 1 fully saturated rings. The lowest BCUT2D eigenvalue weighted by molar-refractivity contribution is 0.0538. The molecular weight excluding hydrogens is 308 g/mol. The van der Waals surface area contributed by atoms with Gasteiger partial charge in [-0.2, -0.15) is 0 Å². The van der Waals surface area contributed by atoms with Crippen molar-refractivity contribution in [2.24, 2.45) is 0 Å². The zero-order valence-corrected chi connectivity index (χ0v) is 15.3. The number of fused-ring (bicyclic) bond motifs is 1. The lowest BCUT2D eigenvalue weighted by atomic mass is 10.1. The van der Waals surface area contributed by atoms with Crippen LogP contribution >= 0.6 is 11.3 Å². The number of aryl methyl sites for hydroxylation is 3. The molecule has 0 bridgehead atoms. The number of amides is 1. The number of hydrogen-bond acceptors (Lipinski definition) is 5. The average Bonchev–Trinajstić information content (AvgIpc) is 2.84. The summed E-state index contributed by atoms with van der Waals surface area (Å²) < 4.78 is 0. The third-order valence-corrected chi connectivity index (χ3v) is 5.79. The lowest BCUT2D eigenvalue weighted by Crippen LogP contribution is -2.52. The van der Waals surface area contributed by atoms with E-state index in [1.807, 2.05) is 18.7 Å². The van der Waals surface area contributed by atoms with Gasteiger partial charge >= 0.3 is 0 Å². The Labute approximate surface area is 141 Å². The molecule has 0 aromatic carbocycles. The lowest BCUT2D eigenvalue weighted by Gasteiger charge is -2.38. The Kier molecular flexibility index (Phi) is 4.38. The van der Waals surface area contributed by atoms with Crippen LogP contribution in [-0.2, 0) is 6.42 Å². The first-order valence-electron chi connectivity index (χ1n) is 8.18. The number of carbonyl (C=O) groups excluding carboxylic acids is 1. The molecule has 1 amide bonds. The number of hydrogen-bond donors (Lipinski definition) is 0. The second-order valence-corrected chi connectivity index (χ2v) is 7.42. The molecule has 0 unspecified atom stereocenters. The minimum Gasteiger partial charge on any atom is -0.333 e. The van der Waals surface area contributed by atoms with Crippen LogP contribution in [-0.4, -0.2) is 58.4 Å². The summed E-state index contributed by atoms with van der Waals surface area (Å²) in [5, 5.41) is 1.05. The monoisotopic (exact) mass is 332 g/mol. The van der Waals surface area contributed by atoms with Crippen molar-refractivity contribution in [3.63, 3.8) is 0 Å². The molecule has 1 aliphatic rings. The van der Waals surface area contributed by atoms with Gasteiger partial charge in [-0.1, -0.05) is 6.92 Å². The summed E-state index contributed by atoms with van der Waals surface area (Å²) >= 11 is 1.52. The fourth-order valence-electron chi connectivity index (χ4n) is 3.33. The Morgan fingerprint density at radius 2 is 2.04 bits per heavy atom. The van der Waals surface area contributed by atoms with Crippen molar-refractivity contribution in [2.75, 3.05) is 26.7 Å². The molecule has 0 spiro atoms. The molecule has 3 rings (SSSR count). The summed E-state index contributed by atoms with van der Waals surface area (Å²) in [4.78, 5) is 28.3. The second-order valence-electron chi connectivity index (χ2n) is 6.42. The Morgan fingerprint density at radius 1 is 1.30 bits per heavy atom. The normalized spacial score (nSPS) is 19.5. The zero-order chi connectivity index (χ0) is 16.7. The second kappa shape index (κ2) is 6.17. The van der Waals surface area contributed by atoms with E-state index >= 15 is 0 Å². The van der Waals surface area contributed by atoms with E-state index in [9.17, 15) is 4.79 Å². The topological polar surface area (TPSA) is 49.3 Å². The van der Waals surface area contributed by atoms with E-state index in [-0.39, 0.29) is 11.9 Å². The minimum atomic E-state index is 0.142. The van der Waals surface area contributed by atoms with Gasteiger partial charge in [-0.05, 0) is 33.4 Å². The molecule has 0 radical (unpaired) electrons. The molecule has 3 heterocycles. The van der Waals surface area contributed by atoms with Gasteiger partial charge in [0, 0.05) is 43.2 Å². The zero-order valence-electron chi connectivity index (χ0n) is 14.5. The number of piperazine rings is 1. The molecule has 124 valence electrons. The van der Waals surface area contributed by atoms with Crippen molar-refractivity contribution >= 4 is 27.5 Å². The maximum absolute atomic E-state index is 13.0. The fourth-order valence-corrected chi connectivity index (χ4v) is 4.54. The Hall–Kier alpha value is -1.53. The highest BCUT2D eigenvalue weighted by molar-refractivity contribution is 7.20. The van der Waals surface area contributed by atoms with Gasteiger partial charge in [-0.15, -0.1) is 11.3 Å². The molecule has 6 heteroatoms. The highest BCUT2D eigenvalue weighted by Crippen LogP contribution is 2.32. The number of thiophene rings is 1. The first kappa shape index (κ1) is 16.3. The number of nitrogens with zero attached hydrogens (tertiary/aromatic N) is 4. The molecule has 0 N–H and O–H groups in total. The quantitative estimate of drug-likeness (QED) is 0.848. The number of aromatic nitrogens is 2. The summed E-state index contributed by atoms with van der Waals surface area (Å²) in [7, 11) is 2.11. The van der Waals surface area contributed by atoms with Gasteiger partial charge in [0.05, 0.1) is 4.88 Å². The maximum Gasteiger partial charge on any atom is 0.264 e. The Balaban J connectivity index is 2.01. The molecule has 5 nitrogen and oxygen atoms in total. The smallest absolute Gasteiger partial charge is 0.264 e. The summed E-state index contributed by atoms with van der Waals surface area (Å²) in [5.41, 5.74) is 2.01. The molecule has 1 aliphatic heterocycles. The van der Waals surface area contributed by atoms with Gasteiger partial charge in [-0.3, -0.25) is 4.79 Å². The first-order chi connectivity index (χ1) is 10.9. The standard InChI is InChI=1S/C17H24N4OS/c1-6-13-18-12(4)14-11(3)15(23-16(14)19-13)17(22)21-8-7-20(5)9-10(21)2/h10H,6-9H2,1-5H3/t10-/m0/s1. The van der Waals surface area contributed by atoms with E-state index in [0.29, 0.717) is 0 Å². The van der Waals surface area contributed by atoms with Crippen LogP contribution in [0.15, 0.2) is 0 Å². The van der Waals surface area contributed by atoms with Crippen molar-refractivity contribution in [1.29, 1.82) is 0 Å². The molecule has 0 saturated carbocycles.